The molecule has 0 unspecified atom stereocenters. The zero-order chi connectivity index (χ0) is 8.65. The molecule has 0 aliphatic heterocycles. The fraction of sp³-hybridized carbons (Fsp3) is 1.00. The van der Waals surface area contributed by atoms with Crippen LogP contribution >= 0.6 is 0 Å². The molecule has 1 saturated carbocycles. The van der Waals surface area contributed by atoms with Gasteiger partial charge < -0.3 is 5.73 Å². The van der Waals surface area contributed by atoms with Crippen molar-refractivity contribution in [1.29, 1.82) is 0 Å². The Morgan fingerprint density at radius 2 is 1.67 bits per heavy atom. The molecule has 1 fully saturated rings. The Labute approximate surface area is 76.7 Å². The third kappa shape index (κ3) is 4.10. The summed E-state index contributed by atoms with van der Waals surface area (Å²) in [5, 5.41) is 0. The molecule has 1 rings (SSSR count). The molecule has 0 aromatic heterocycles. The van der Waals surface area contributed by atoms with Crippen molar-refractivity contribution in [2.45, 2.75) is 57.8 Å². The second kappa shape index (κ2) is 6.47. The lowest BCUT2D eigenvalue weighted by atomic mass is 9.86. The second-order valence-electron chi connectivity index (χ2n) is 4.14. The normalized spacial score (nSPS) is 19.8. The third-order valence-corrected chi connectivity index (χ3v) is 3.04. The smallest absolute Gasteiger partial charge is 0.00773 e. The molecule has 0 heterocycles. The number of rotatable bonds is 5. The minimum absolute atomic E-state index is 0.880. The van der Waals surface area contributed by atoms with Gasteiger partial charge in [0.1, 0.15) is 0 Å². The minimum atomic E-state index is 0.880. The van der Waals surface area contributed by atoms with Crippen molar-refractivity contribution in [3.8, 4) is 0 Å². The van der Waals surface area contributed by atoms with Crippen LogP contribution in [0.5, 0.6) is 0 Å². The van der Waals surface area contributed by atoms with E-state index in [0.717, 1.165) is 12.5 Å². The summed E-state index contributed by atoms with van der Waals surface area (Å²) in [7, 11) is 0. The fourth-order valence-electron chi connectivity index (χ4n) is 2.23. The second-order valence-corrected chi connectivity index (χ2v) is 4.14. The average molecular weight is 169 g/mol. The molecule has 72 valence electrons. The molecule has 0 radical (unpaired) electrons. The predicted molar refractivity (Wildman–Crippen MR) is 54.1 cm³/mol. The summed E-state index contributed by atoms with van der Waals surface area (Å²) in [5.41, 5.74) is 5.45. The number of hydrogen-bond acceptors (Lipinski definition) is 1. The molecule has 0 saturated heterocycles. The Kier molecular flexibility index (Phi) is 5.42. The molecule has 0 aromatic rings. The maximum Gasteiger partial charge on any atom is -0.00773 e. The van der Waals surface area contributed by atoms with E-state index in [1.54, 1.807) is 0 Å². The lowest BCUT2D eigenvalue weighted by molar-refractivity contribution is 0.329. The van der Waals surface area contributed by atoms with Crippen molar-refractivity contribution in [2.24, 2.45) is 11.7 Å². The van der Waals surface area contributed by atoms with E-state index in [-0.39, 0.29) is 0 Å². The van der Waals surface area contributed by atoms with E-state index in [9.17, 15) is 0 Å². The average Bonchev–Trinajstić information content (AvgIpc) is 2.14. The minimum Gasteiger partial charge on any atom is -0.330 e. The summed E-state index contributed by atoms with van der Waals surface area (Å²) in [5.74, 6) is 1.07. The van der Waals surface area contributed by atoms with Gasteiger partial charge in [-0.2, -0.15) is 0 Å². The zero-order valence-corrected chi connectivity index (χ0v) is 8.23. The highest BCUT2D eigenvalue weighted by Crippen LogP contribution is 2.27. The van der Waals surface area contributed by atoms with Crippen molar-refractivity contribution in [2.75, 3.05) is 6.54 Å². The molecule has 0 atom stereocenters. The molecule has 2 N–H and O–H groups in total. The summed E-state index contributed by atoms with van der Waals surface area (Å²) in [6, 6.07) is 0. The van der Waals surface area contributed by atoms with Gasteiger partial charge >= 0.3 is 0 Å². The van der Waals surface area contributed by atoms with Crippen LogP contribution in [0.25, 0.3) is 0 Å². The summed E-state index contributed by atoms with van der Waals surface area (Å²) >= 11 is 0. The summed E-state index contributed by atoms with van der Waals surface area (Å²) in [6.07, 6.45) is 12.9. The maximum absolute atomic E-state index is 5.45. The summed E-state index contributed by atoms with van der Waals surface area (Å²) in [4.78, 5) is 0. The van der Waals surface area contributed by atoms with E-state index in [1.807, 2.05) is 0 Å². The van der Waals surface area contributed by atoms with Crippen LogP contribution in [0.4, 0.5) is 0 Å². The molecule has 0 bridgehead atoms. The Bertz CT molecular complexity index is 95.2. The van der Waals surface area contributed by atoms with Crippen molar-refractivity contribution < 1.29 is 0 Å². The number of nitrogens with two attached hydrogens (primary N) is 1. The maximum atomic E-state index is 5.45. The van der Waals surface area contributed by atoms with E-state index >= 15 is 0 Å². The molecule has 12 heavy (non-hydrogen) atoms. The van der Waals surface area contributed by atoms with Gasteiger partial charge in [-0.15, -0.1) is 0 Å². The first-order valence-electron chi connectivity index (χ1n) is 5.63. The monoisotopic (exact) mass is 169 g/mol. The van der Waals surface area contributed by atoms with Gasteiger partial charge in [0.2, 0.25) is 0 Å². The van der Waals surface area contributed by atoms with E-state index in [4.69, 9.17) is 5.73 Å². The van der Waals surface area contributed by atoms with Gasteiger partial charge in [0, 0.05) is 0 Å². The van der Waals surface area contributed by atoms with Crippen LogP contribution in [0, 0.1) is 5.92 Å². The molecule has 0 aromatic carbocycles. The van der Waals surface area contributed by atoms with Crippen molar-refractivity contribution in [1.82, 2.24) is 0 Å². The molecular weight excluding hydrogens is 146 g/mol. The molecule has 0 spiro atoms. The van der Waals surface area contributed by atoms with Gasteiger partial charge in [0.05, 0.1) is 0 Å². The largest absolute Gasteiger partial charge is 0.330 e. The summed E-state index contributed by atoms with van der Waals surface area (Å²) in [6.45, 7) is 0.880. The van der Waals surface area contributed by atoms with Crippen molar-refractivity contribution in [3.63, 3.8) is 0 Å². The SMILES string of the molecule is NCCCCCC1CCCCC1. The highest BCUT2D eigenvalue weighted by atomic mass is 14.5. The van der Waals surface area contributed by atoms with Gasteiger partial charge in [-0.1, -0.05) is 51.4 Å². The first-order chi connectivity index (χ1) is 5.93. The molecule has 1 nitrogen and oxygen atoms in total. The van der Waals surface area contributed by atoms with Crippen molar-refractivity contribution >= 4 is 0 Å². The quantitative estimate of drug-likeness (QED) is 0.629. The van der Waals surface area contributed by atoms with Gasteiger partial charge in [0.15, 0.2) is 0 Å². The first-order valence-corrected chi connectivity index (χ1v) is 5.63. The highest BCUT2D eigenvalue weighted by Gasteiger charge is 2.11. The van der Waals surface area contributed by atoms with Crippen LogP contribution in [-0.2, 0) is 0 Å². The Morgan fingerprint density at radius 3 is 2.33 bits per heavy atom. The third-order valence-electron chi connectivity index (χ3n) is 3.04. The fourth-order valence-corrected chi connectivity index (χ4v) is 2.23. The van der Waals surface area contributed by atoms with Gasteiger partial charge in [-0.05, 0) is 18.9 Å². The van der Waals surface area contributed by atoms with E-state index in [2.05, 4.69) is 0 Å². The Hall–Kier alpha value is -0.0400. The van der Waals surface area contributed by atoms with Gasteiger partial charge in [-0.3, -0.25) is 0 Å². The predicted octanol–water partition coefficient (Wildman–Crippen LogP) is 3.09. The molecule has 0 amide bonds. The molecular formula is C11H23N. The lowest BCUT2D eigenvalue weighted by Gasteiger charge is -2.21. The molecule has 1 heteroatoms. The molecule has 1 aliphatic carbocycles. The van der Waals surface area contributed by atoms with E-state index < -0.39 is 0 Å². The van der Waals surface area contributed by atoms with Gasteiger partial charge in [0.25, 0.3) is 0 Å². The standard InChI is InChI=1S/C11H23N/c12-10-6-2-5-9-11-7-3-1-4-8-11/h11H,1-10,12H2. The van der Waals surface area contributed by atoms with E-state index in [1.165, 1.54) is 57.8 Å². The Balaban J connectivity index is 1.91. The van der Waals surface area contributed by atoms with E-state index in [0.29, 0.717) is 0 Å². The lowest BCUT2D eigenvalue weighted by Crippen LogP contribution is -2.06. The van der Waals surface area contributed by atoms with Crippen LogP contribution in [0.15, 0.2) is 0 Å². The zero-order valence-electron chi connectivity index (χ0n) is 8.23. The summed E-state index contributed by atoms with van der Waals surface area (Å²) < 4.78 is 0. The van der Waals surface area contributed by atoms with Crippen LogP contribution in [0.2, 0.25) is 0 Å². The van der Waals surface area contributed by atoms with Gasteiger partial charge in [-0.25, -0.2) is 0 Å². The number of unbranched alkanes of at least 4 members (excludes halogenated alkanes) is 2. The number of hydrogen-bond donors (Lipinski definition) is 1. The van der Waals surface area contributed by atoms with Crippen LogP contribution in [0.1, 0.15) is 57.8 Å². The topological polar surface area (TPSA) is 26.0 Å². The van der Waals surface area contributed by atoms with Crippen LogP contribution in [0.3, 0.4) is 0 Å². The van der Waals surface area contributed by atoms with Crippen molar-refractivity contribution in [3.05, 3.63) is 0 Å². The Morgan fingerprint density at radius 1 is 0.917 bits per heavy atom. The van der Waals surface area contributed by atoms with Crippen LogP contribution < -0.4 is 5.73 Å². The first kappa shape index (κ1) is 10.0. The highest BCUT2D eigenvalue weighted by molar-refractivity contribution is 4.65. The molecule has 1 aliphatic rings. The van der Waals surface area contributed by atoms with Crippen LogP contribution in [-0.4, -0.2) is 6.54 Å².